The van der Waals surface area contributed by atoms with Crippen LogP contribution in [0.5, 0.6) is 0 Å². The maximum atomic E-state index is 12.5. The third-order valence-corrected chi connectivity index (χ3v) is 5.93. The van der Waals surface area contributed by atoms with Crippen molar-refractivity contribution in [1.82, 2.24) is 14.6 Å². The molecule has 0 amide bonds. The molecule has 136 valence electrons. The van der Waals surface area contributed by atoms with Crippen molar-refractivity contribution in [3.63, 3.8) is 0 Å². The Hall–Kier alpha value is -1.25. The van der Waals surface area contributed by atoms with Crippen LogP contribution in [0.25, 0.3) is 0 Å². The van der Waals surface area contributed by atoms with Gasteiger partial charge < -0.3 is 14.8 Å². The Labute approximate surface area is 141 Å². The van der Waals surface area contributed by atoms with Crippen LogP contribution in [0.15, 0.2) is 17.1 Å². The largest absolute Gasteiger partial charge is 0.383 e. The molecule has 0 radical (unpaired) electrons. The van der Waals surface area contributed by atoms with E-state index in [1.165, 1.54) is 4.57 Å². The van der Waals surface area contributed by atoms with E-state index in [0.717, 1.165) is 0 Å². The van der Waals surface area contributed by atoms with E-state index in [4.69, 9.17) is 19.6 Å². The molecule has 0 bridgehead atoms. The lowest BCUT2D eigenvalue weighted by Gasteiger charge is -2.21. The molecule has 2 heterocycles. The molecule has 1 aromatic rings. The standard InChI is InChI=1S/C14H25N4O5P/c1-4-21-24(20,22-5-2)9-7-11-10-13(23-17(11)3)18-8-6-12(15)16-14(18)19/h6,8,11,13H,4-5,7,9-10H2,1-3H3,(H2,15,16,19)/t11-,13?/m0/s1. The summed E-state index contributed by atoms with van der Waals surface area (Å²) < 4.78 is 24.5. The van der Waals surface area contributed by atoms with Crippen molar-refractivity contribution in [2.75, 3.05) is 32.2 Å². The van der Waals surface area contributed by atoms with Crippen LogP contribution in [0.1, 0.15) is 32.9 Å². The van der Waals surface area contributed by atoms with Crippen LogP contribution in [0.3, 0.4) is 0 Å². The molecule has 0 aromatic carbocycles. The van der Waals surface area contributed by atoms with Gasteiger partial charge >= 0.3 is 13.3 Å². The van der Waals surface area contributed by atoms with Crippen LogP contribution in [0.4, 0.5) is 5.82 Å². The van der Waals surface area contributed by atoms with Gasteiger partial charge in [0.15, 0.2) is 6.23 Å². The van der Waals surface area contributed by atoms with Gasteiger partial charge in [0, 0.05) is 25.7 Å². The number of nitrogens with zero attached hydrogens (tertiary/aromatic N) is 3. The highest BCUT2D eigenvalue weighted by Crippen LogP contribution is 2.49. The molecule has 1 aromatic heterocycles. The predicted molar refractivity (Wildman–Crippen MR) is 89.5 cm³/mol. The molecule has 2 N–H and O–H groups in total. The fourth-order valence-electron chi connectivity index (χ4n) is 2.68. The van der Waals surface area contributed by atoms with Gasteiger partial charge in [-0.15, -0.1) is 0 Å². The first-order chi connectivity index (χ1) is 11.4. The quantitative estimate of drug-likeness (QED) is 0.697. The molecule has 0 saturated carbocycles. The van der Waals surface area contributed by atoms with Crippen LogP contribution < -0.4 is 11.4 Å². The van der Waals surface area contributed by atoms with E-state index in [9.17, 15) is 9.36 Å². The number of nitrogen functional groups attached to an aromatic ring is 1. The lowest BCUT2D eigenvalue weighted by Crippen LogP contribution is -2.27. The topological polar surface area (TPSA) is 109 Å². The van der Waals surface area contributed by atoms with Crippen molar-refractivity contribution < 1.29 is 18.5 Å². The number of hydrogen-bond donors (Lipinski definition) is 1. The Morgan fingerprint density at radius 3 is 2.67 bits per heavy atom. The Morgan fingerprint density at radius 1 is 1.42 bits per heavy atom. The summed E-state index contributed by atoms with van der Waals surface area (Å²) in [6.07, 6.45) is 2.55. The third kappa shape index (κ3) is 4.64. The van der Waals surface area contributed by atoms with Gasteiger partial charge in [-0.2, -0.15) is 10.0 Å². The second kappa shape index (κ2) is 8.22. The summed E-state index contributed by atoms with van der Waals surface area (Å²) >= 11 is 0. The lowest BCUT2D eigenvalue weighted by atomic mass is 10.1. The number of aromatic nitrogens is 2. The first-order valence-corrected chi connectivity index (χ1v) is 9.73. The van der Waals surface area contributed by atoms with Gasteiger partial charge in [0.2, 0.25) is 0 Å². The summed E-state index contributed by atoms with van der Waals surface area (Å²) in [5.41, 5.74) is 5.04. The SMILES string of the molecule is CCOP(=O)(CC[C@H]1CC(n2ccc(N)nc2=O)ON1C)OCC. The maximum absolute atomic E-state index is 12.5. The zero-order valence-corrected chi connectivity index (χ0v) is 15.1. The fourth-order valence-corrected chi connectivity index (χ4v) is 4.41. The predicted octanol–water partition coefficient (Wildman–Crippen LogP) is 1.62. The molecule has 1 aliphatic rings. The molecule has 2 atom stereocenters. The molecular formula is C14H25N4O5P. The first-order valence-electron chi connectivity index (χ1n) is 8.01. The summed E-state index contributed by atoms with van der Waals surface area (Å²) in [6, 6.07) is 1.55. The molecule has 2 rings (SSSR count). The van der Waals surface area contributed by atoms with Crippen LogP contribution in [0, 0.1) is 0 Å². The number of nitrogens with two attached hydrogens (primary N) is 1. The smallest absolute Gasteiger partial charge is 0.351 e. The summed E-state index contributed by atoms with van der Waals surface area (Å²) in [5.74, 6) is 0.175. The van der Waals surface area contributed by atoms with Crippen molar-refractivity contribution in [3.05, 3.63) is 22.7 Å². The van der Waals surface area contributed by atoms with Crippen LogP contribution in [-0.2, 0) is 18.5 Å². The molecule has 0 aliphatic carbocycles. The van der Waals surface area contributed by atoms with Crippen LogP contribution >= 0.6 is 7.60 Å². The molecule has 1 fully saturated rings. The van der Waals surface area contributed by atoms with Gasteiger partial charge in [0.25, 0.3) is 0 Å². The van der Waals surface area contributed by atoms with E-state index in [-0.39, 0.29) is 11.9 Å². The zero-order chi connectivity index (χ0) is 17.7. The fraction of sp³-hybridized carbons (Fsp3) is 0.714. The van der Waals surface area contributed by atoms with E-state index in [0.29, 0.717) is 32.2 Å². The summed E-state index contributed by atoms with van der Waals surface area (Å²) in [6.45, 7) is 4.24. The monoisotopic (exact) mass is 360 g/mol. The van der Waals surface area contributed by atoms with Gasteiger partial charge in [-0.05, 0) is 26.3 Å². The van der Waals surface area contributed by atoms with Gasteiger partial charge in [-0.3, -0.25) is 14.0 Å². The van der Waals surface area contributed by atoms with Crippen molar-refractivity contribution in [2.45, 2.75) is 39.0 Å². The normalized spacial score (nSPS) is 22.1. The minimum atomic E-state index is -3.09. The van der Waals surface area contributed by atoms with Crippen molar-refractivity contribution >= 4 is 13.4 Å². The minimum Gasteiger partial charge on any atom is -0.383 e. The van der Waals surface area contributed by atoms with E-state index in [1.54, 1.807) is 38.2 Å². The molecule has 0 spiro atoms. The van der Waals surface area contributed by atoms with E-state index >= 15 is 0 Å². The summed E-state index contributed by atoms with van der Waals surface area (Å²) in [7, 11) is -1.30. The van der Waals surface area contributed by atoms with Gasteiger partial charge in [-0.1, -0.05) is 0 Å². The highest BCUT2D eigenvalue weighted by molar-refractivity contribution is 7.53. The van der Waals surface area contributed by atoms with Crippen molar-refractivity contribution in [2.24, 2.45) is 0 Å². The molecule has 9 nitrogen and oxygen atoms in total. The third-order valence-electron chi connectivity index (χ3n) is 3.83. The second-order valence-corrected chi connectivity index (χ2v) is 7.68. The van der Waals surface area contributed by atoms with Gasteiger partial charge in [0.05, 0.1) is 19.4 Å². The minimum absolute atomic E-state index is 0.00584. The number of hydroxylamine groups is 2. The molecule has 1 aliphatic heterocycles. The Kier molecular flexibility index (Phi) is 6.54. The summed E-state index contributed by atoms with van der Waals surface area (Å²) in [5, 5.41) is 1.68. The molecule has 1 saturated heterocycles. The zero-order valence-electron chi connectivity index (χ0n) is 14.3. The van der Waals surface area contributed by atoms with Gasteiger partial charge in [0.1, 0.15) is 5.82 Å². The average Bonchev–Trinajstić information content (AvgIpc) is 2.86. The van der Waals surface area contributed by atoms with Gasteiger partial charge in [-0.25, -0.2) is 4.79 Å². The van der Waals surface area contributed by atoms with E-state index in [1.807, 2.05) is 0 Å². The molecule has 1 unspecified atom stereocenters. The molecular weight excluding hydrogens is 335 g/mol. The Morgan fingerprint density at radius 2 is 2.08 bits per heavy atom. The first kappa shape index (κ1) is 19.1. The average molecular weight is 360 g/mol. The Bertz CT molecular complexity index is 642. The lowest BCUT2D eigenvalue weighted by molar-refractivity contribution is -0.166. The Balaban J connectivity index is 2.00. The number of hydrogen-bond acceptors (Lipinski definition) is 8. The molecule has 10 heteroatoms. The van der Waals surface area contributed by atoms with Crippen molar-refractivity contribution in [3.8, 4) is 0 Å². The van der Waals surface area contributed by atoms with Crippen LogP contribution in [0.2, 0.25) is 0 Å². The molecule has 24 heavy (non-hydrogen) atoms. The van der Waals surface area contributed by atoms with Crippen molar-refractivity contribution in [1.29, 1.82) is 0 Å². The maximum Gasteiger partial charge on any atom is 0.351 e. The second-order valence-electron chi connectivity index (χ2n) is 5.50. The highest BCUT2D eigenvalue weighted by atomic mass is 31.2. The summed E-state index contributed by atoms with van der Waals surface area (Å²) in [4.78, 5) is 21.3. The van der Waals surface area contributed by atoms with Crippen LogP contribution in [-0.4, -0.2) is 47.1 Å². The number of rotatable bonds is 8. The van der Waals surface area contributed by atoms with E-state index in [2.05, 4.69) is 4.98 Å². The van der Waals surface area contributed by atoms with E-state index < -0.39 is 19.5 Å². The number of anilines is 1. The highest BCUT2D eigenvalue weighted by Gasteiger charge is 2.35.